The zero-order valence-electron chi connectivity index (χ0n) is 14.7. The van der Waals surface area contributed by atoms with Crippen molar-refractivity contribution in [1.82, 2.24) is 9.97 Å². The molecule has 2 aromatic rings. The molecule has 128 valence electrons. The van der Waals surface area contributed by atoms with Gasteiger partial charge < -0.3 is 16.0 Å². The number of hydrogen-bond donors (Lipinski definition) is 3. The SMILES string of the molecule is CCNc1cc(C)nc(Nc2ccc(NC(=O)CC(C)C)cc2)n1. The third kappa shape index (κ3) is 5.53. The molecule has 0 aliphatic rings. The Hall–Kier alpha value is -2.63. The largest absolute Gasteiger partial charge is 0.370 e. The van der Waals surface area contributed by atoms with Gasteiger partial charge >= 0.3 is 0 Å². The number of aromatic nitrogens is 2. The molecule has 0 saturated carbocycles. The zero-order chi connectivity index (χ0) is 17.5. The van der Waals surface area contributed by atoms with Gasteiger partial charge in [0.1, 0.15) is 5.82 Å². The first kappa shape index (κ1) is 17.7. The lowest BCUT2D eigenvalue weighted by Crippen LogP contribution is -2.13. The van der Waals surface area contributed by atoms with Gasteiger partial charge in [-0.1, -0.05) is 13.8 Å². The van der Waals surface area contributed by atoms with E-state index < -0.39 is 0 Å². The van der Waals surface area contributed by atoms with Crippen molar-refractivity contribution in [1.29, 1.82) is 0 Å². The predicted molar refractivity (Wildman–Crippen MR) is 98.7 cm³/mol. The molecule has 0 spiro atoms. The van der Waals surface area contributed by atoms with Crippen molar-refractivity contribution < 1.29 is 4.79 Å². The molecule has 1 heterocycles. The molecule has 0 atom stereocenters. The molecule has 1 aromatic carbocycles. The highest BCUT2D eigenvalue weighted by atomic mass is 16.1. The molecule has 1 aromatic heterocycles. The first-order valence-electron chi connectivity index (χ1n) is 8.22. The fourth-order valence-corrected chi connectivity index (χ4v) is 2.24. The quantitative estimate of drug-likeness (QED) is 0.718. The number of aryl methyl sites for hydroxylation is 1. The lowest BCUT2D eigenvalue weighted by Gasteiger charge is -2.10. The van der Waals surface area contributed by atoms with Gasteiger partial charge in [0.25, 0.3) is 0 Å². The van der Waals surface area contributed by atoms with Crippen molar-refractivity contribution in [2.24, 2.45) is 5.92 Å². The second-order valence-electron chi connectivity index (χ2n) is 6.10. The standard InChI is InChI=1S/C18H25N5O/c1-5-19-16-11-13(4)20-18(23-16)22-15-8-6-14(7-9-15)21-17(24)10-12(2)3/h6-9,11-12H,5,10H2,1-4H3,(H,21,24)(H2,19,20,22,23). The molecule has 6 nitrogen and oxygen atoms in total. The Labute approximate surface area is 143 Å². The molecule has 0 bridgehead atoms. The first-order chi connectivity index (χ1) is 11.5. The summed E-state index contributed by atoms with van der Waals surface area (Å²) in [5.74, 6) is 1.71. The van der Waals surface area contributed by atoms with Gasteiger partial charge in [0.2, 0.25) is 11.9 Å². The van der Waals surface area contributed by atoms with E-state index in [1.807, 2.05) is 58.0 Å². The smallest absolute Gasteiger partial charge is 0.229 e. The third-order valence-electron chi connectivity index (χ3n) is 3.23. The molecule has 2 rings (SSSR count). The lowest BCUT2D eigenvalue weighted by atomic mass is 10.1. The topological polar surface area (TPSA) is 78.9 Å². The van der Waals surface area contributed by atoms with Gasteiger partial charge in [-0.2, -0.15) is 4.98 Å². The normalized spacial score (nSPS) is 10.5. The Kier molecular flexibility index (Phi) is 6.12. The summed E-state index contributed by atoms with van der Waals surface area (Å²) in [5.41, 5.74) is 2.54. The molecule has 0 aliphatic heterocycles. The summed E-state index contributed by atoms with van der Waals surface area (Å²) in [7, 11) is 0. The number of benzene rings is 1. The highest BCUT2D eigenvalue weighted by Crippen LogP contribution is 2.18. The average Bonchev–Trinajstić information content (AvgIpc) is 2.48. The minimum atomic E-state index is 0.0306. The van der Waals surface area contributed by atoms with Crippen LogP contribution < -0.4 is 16.0 Å². The summed E-state index contributed by atoms with van der Waals surface area (Å²) in [6.45, 7) is 8.81. The van der Waals surface area contributed by atoms with Crippen LogP contribution in [-0.4, -0.2) is 22.4 Å². The molecule has 3 N–H and O–H groups in total. The van der Waals surface area contributed by atoms with E-state index in [0.717, 1.165) is 29.4 Å². The predicted octanol–water partition coefficient (Wildman–Crippen LogP) is 3.95. The van der Waals surface area contributed by atoms with Gasteiger partial charge in [-0.25, -0.2) is 4.98 Å². The summed E-state index contributed by atoms with van der Waals surface area (Å²) < 4.78 is 0. The molecular weight excluding hydrogens is 302 g/mol. The van der Waals surface area contributed by atoms with Crippen molar-refractivity contribution in [2.45, 2.75) is 34.1 Å². The number of nitrogens with one attached hydrogen (secondary N) is 3. The van der Waals surface area contributed by atoms with E-state index in [9.17, 15) is 4.79 Å². The second-order valence-corrected chi connectivity index (χ2v) is 6.10. The Morgan fingerprint density at radius 2 is 1.79 bits per heavy atom. The second kappa shape index (κ2) is 8.29. The van der Waals surface area contributed by atoms with Crippen LogP contribution in [-0.2, 0) is 4.79 Å². The van der Waals surface area contributed by atoms with Crippen LogP contribution in [0.2, 0.25) is 0 Å². The number of anilines is 4. The van der Waals surface area contributed by atoms with Gasteiger partial charge in [0, 0.05) is 36.1 Å². The van der Waals surface area contributed by atoms with Gasteiger partial charge in [-0.15, -0.1) is 0 Å². The van der Waals surface area contributed by atoms with E-state index in [1.165, 1.54) is 0 Å². The fourth-order valence-electron chi connectivity index (χ4n) is 2.24. The van der Waals surface area contributed by atoms with Crippen LogP contribution in [0.4, 0.5) is 23.1 Å². The van der Waals surface area contributed by atoms with E-state index in [4.69, 9.17) is 0 Å². The molecule has 6 heteroatoms. The van der Waals surface area contributed by atoms with Crippen LogP contribution >= 0.6 is 0 Å². The van der Waals surface area contributed by atoms with Crippen LogP contribution in [0.3, 0.4) is 0 Å². The zero-order valence-corrected chi connectivity index (χ0v) is 14.7. The van der Waals surface area contributed by atoms with Crippen LogP contribution in [0.15, 0.2) is 30.3 Å². The molecular formula is C18H25N5O. The van der Waals surface area contributed by atoms with E-state index in [-0.39, 0.29) is 5.91 Å². The van der Waals surface area contributed by atoms with Crippen molar-refractivity contribution in [3.8, 4) is 0 Å². The van der Waals surface area contributed by atoms with Crippen molar-refractivity contribution in [3.05, 3.63) is 36.0 Å². The Morgan fingerprint density at radius 1 is 1.12 bits per heavy atom. The summed E-state index contributed by atoms with van der Waals surface area (Å²) in [5, 5.41) is 9.25. The number of nitrogens with zero attached hydrogens (tertiary/aromatic N) is 2. The van der Waals surface area contributed by atoms with Gasteiger partial charge in [-0.3, -0.25) is 4.79 Å². The Morgan fingerprint density at radius 3 is 2.42 bits per heavy atom. The van der Waals surface area contributed by atoms with Crippen molar-refractivity contribution in [2.75, 3.05) is 22.5 Å². The van der Waals surface area contributed by atoms with Gasteiger partial charge in [-0.05, 0) is 44.0 Å². The number of amides is 1. The molecule has 1 amide bonds. The Bertz CT molecular complexity index is 682. The highest BCUT2D eigenvalue weighted by molar-refractivity contribution is 5.91. The summed E-state index contributed by atoms with van der Waals surface area (Å²) in [6.07, 6.45) is 0.518. The monoisotopic (exact) mass is 327 g/mol. The van der Waals surface area contributed by atoms with Crippen LogP contribution in [0.5, 0.6) is 0 Å². The summed E-state index contributed by atoms with van der Waals surface area (Å²) in [6, 6.07) is 9.42. The fraction of sp³-hybridized carbons (Fsp3) is 0.389. The van der Waals surface area contributed by atoms with E-state index in [1.54, 1.807) is 0 Å². The molecule has 0 aliphatic carbocycles. The number of carbonyl (C=O) groups excluding carboxylic acids is 1. The number of carbonyl (C=O) groups is 1. The maximum Gasteiger partial charge on any atom is 0.229 e. The van der Waals surface area contributed by atoms with Gasteiger partial charge in [0.15, 0.2) is 0 Å². The maximum atomic E-state index is 11.8. The lowest BCUT2D eigenvalue weighted by molar-refractivity contribution is -0.116. The Balaban J connectivity index is 2.02. The number of hydrogen-bond acceptors (Lipinski definition) is 5. The summed E-state index contributed by atoms with van der Waals surface area (Å²) in [4.78, 5) is 20.6. The molecule has 24 heavy (non-hydrogen) atoms. The molecule has 0 unspecified atom stereocenters. The maximum absolute atomic E-state index is 11.8. The van der Waals surface area contributed by atoms with Crippen LogP contribution in [0.25, 0.3) is 0 Å². The van der Waals surface area contributed by atoms with Gasteiger partial charge in [0.05, 0.1) is 0 Å². The van der Waals surface area contributed by atoms with Crippen molar-refractivity contribution >= 4 is 29.0 Å². The molecule has 0 fully saturated rings. The average molecular weight is 327 g/mol. The van der Waals surface area contributed by atoms with E-state index >= 15 is 0 Å². The minimum Gasteiger partial charge on any atom is -0.370 e. The van der Waals surface area contributed by atoms with Crippen LogP contribution in [0, 0.1) is 12.8 Å². The van der Waals surface area contributed by atoms with Crippen LogP contribution in [0.1, 0.15) is 32.9 Å². The van der Waals surface area contributed by atoms with E-state index in [0.29, 0.717) is 18.3 Å². The molecule has 0 saturated heterocycles. The molecule has 0 radical (unpaired) electrons. The summed E-state index contributed by atoms with van der Waals surface area (Å²) >= 11 is 0. The third-order valence-corrected chi connectivity index (χ3v) is 3.23. The van der Waals surface area contributed by atoms with Crippen molar-refractivity contribution in [3.63, 3.8) is 0 Å². The van der Waals surface area contributed by atoms with E-state index in [2.05, 4.69) is 25.9 Å². The number of rotatable bonds is 7. The minimum absolute atomic E-state index is 0.0306. The first-order valence-corrected chi connectivity index (χ1v) is 8.22. The highest BCUT2D eigenvalue weighted by Gasteiger charge is 2.06.